The van der Waals surface area contributed by atoms with Gasteiger partial charge in [0.25, 0.3) is 0 Å². The molecule has 0 saturated carbocycles. The van der Waals surface area contributed by atoms with Crippen LogP contribution in [-0.4, -0.2) is 9.97 Å². The van der Waals surface area contributed by atoms with Gasteiger partial charge in [-0.2, -0.15) is 26.3 Å². The van der Waals surface area contributed by atoms with Crippen LogP contribution in [0.2, 0.25) is 0 Å². The van der Waals surface area contributed by atoms with Crippen LogP contribution in [-0.2, 0) is 18.9 Å². The van der Waals surface area contributed by atoms with Gasteiger partial charge in [-0.1, -0.05) is 0 Å². The molecule has 1 N–H and O–H groups in total. The maximum absolute atomic E-state index is 12.7. The fourth-order valence-electron chi connectivity index (χ4n) is 1.72. The van der Waals surface area contributed by atoms with E-state index in [0.29, 0.717) is 17.8 Å². The Morgan fingerprint density at radius 3 is 1.77 bits per heavy atom. The van der Waals surface area contributed by atoms with E-state index in [2.05, 4.69) is 15.3 Å². The van der Waals surface area contributed by atoms with Crippen molar-refractivity contribution in [2.24, 2.45) is 0 Å². The quantitative estimate of drug-likeness (QED) is 0.864. The lowest BCUT2D eigenvalue weighted by atomic mass is 10.0. The predicted octanol–water partition coefficient (Wildman–Crippen LogP) is 4.13. The average molecular weight is 321 g/mol. The zero-order valence-corrected chi connectivity index (χ0v) is 10.8. The summed E-state index contributed by atoms with van der Waals surface area (Å²) in [6.45, 7) is -0.222. The van der Waals surface area contributed by atoms with Gasteiger partial charge in [-0.15, -0.1) is 0 Å². The number of benzene rings is 1. The molecule has 0 atom stereocenters. The normalized spacial score (nSPS) is 12.3. The van der Waals surface area contributed by atoms with Crippen molar-refractivity contribution in [2.45, 2.75) is 18.9 Å². The zero-order valence-electron chi connectivity index (χ0n) is 10.8. The first-order chi connectivity index (χ1) is 10.2. The van der Waals surface area contributed by atoms with Crippen molar-refractivity contribution in [1.29, 1.82) is 0 Å². The molecule has 1 aromatic carbocycles. The number of hydrogen-bond donors (Lipinski definition) is 1. The third-order valence-electron chi connectivity index (χ3n) is 2.70. The van der Waals surface area contributed by atoms with Crippen molar-refractivity contribution in [1.82, 2.24) is 9.97 Å². The van der Waals surface area contributed by atoms with Gasteiger partial charge in [-0.05, 0) is 23.8 Å². The summed E-state index contributed by atoms with van der Waals surface area (Å²) in [6, 6.07) is 1.44. The standard InChI is InChI=1S/C13H9F6N3/c14-12(15,16)9-1-8(2-10(3-9)13(17,18)19)4-22-11-5-20-7-21-6-11/h1-3,5-7,22H,4H2. The van der Waals surface area contributed by atoms with Crippen molar-refractivity contribution >= 4 is 5.69 Å². The molecule has 0 aliphatic heterocycles. The van der Waals surface area contributed by atoms with Crippen molar-refractivity contribution < 1.29 is 26.3 Å². The van der Waals surface area contributed by atoms with Crippen LogP contribution in [0.3, 0.4) is 0 Å². The number of rotatable bonds is 3. The van der Waals surface area contributed by atoms with E-state index in [-0.39, 0.29) is 18.2 Å². The Hall–Kier alpha value is -2.32. The summed E-state index contributed by atoms with van der Waals surface area (Å²) in [5.74, 6) is 0. The van der Waals surface area contributed by atoms with Crippen LogP contribution in [0.25, 0.3) is 0 Å². The number of halogens is 6. The van der Waals surface area contributed by atoms with Crippen LogP contribution >= 0.6 is 0 Å². The molecule has 1 aromatic heterocycles. The molecule has 2 rings (SSSR count). The van der Waals surface area contributed by atoms with Gasteiger partial charge in [0.2, 0.25) is 0 Å². The number of hydrogen-bond acceptors (Lipinski definition) is 3. The maximum atomic E-state index is 12.7. The molecule has 0 radical (unpaired) electrons. The molecular weight excluding hydrogens is 312 g/mol. The minimum atomic E-state index is -4.86. The van der Waals surface area contributed by atoms with Gasteiger partial charge in [0, 0.05) is 6.54 Å². The van der Waals surface area contributed by atoms with Crippen LogP contribution in [0.1, 0.15) is 16.7 Å². The lowest BCUT2D eigenvalue weighted by molar-refractivity contribution is -0.143. The molecule has 3 nitrogen and oxygen atoms in total. The van der Waals surface area contributed by atoms with Crippen molar-refractivity contribution in [3.8, 4) is 0 Å². The van der Waals surface area contributed by atoms with E-state index in [9.17, 15) is 26.3 Å². The topological polar surface area (TPSA) is 37.8 Å². The Morgan fingerprint density at radius 1 is 0.818 bits per heavy atom. The van der Waals surface area contributed by atoms with Gasteiger partial charge < -0.3 is 5.32 Å². The van der Waals surface area contributed by atoms with E-state index < -0.39 is 23.5 Å². The second-order valence-electron chi connectivity index (χ2n) is 4.39. The van der Waals surface area contributed by atoms with E-state index in [1.54, 1.807) is 0 Å². The van der Waals surface area contributed by atoms with E-state index in [4.69, 9.17) is 0 Å². The van der Waals surface area contributed by atoms with Crippen molar-refractivity contribution in [3.05, 3.63) is 53.6 Å². The molecule has 22 heavy (non-hydrogen) atoms. The Morgan fingerprint density at radius 2 is 1.32 bits per heavy atom. The third kappa shape index (κ3) is 4.09. The highest BCUT2D eigenvalue weighted by molar-refractivity contribution is 5.40. The number of alkyl halides is 6. The second kappa shape index (κ2) is 5.82. The summed E-state index contributed by atoms with van der Waals surface area (Å²) in [7, 11) is 0. The minimum Gasteiger partial charge on any atom is -0.378 e. The van der Waals surface area contributed by atoms with E-state index in [1.165, 1.54) is 18.7 Å². The molecule has 0 amide bonds. The molecule has 0 aliphatic carbocycles. The Balaban J connectivity index is 2.30. The summed E-state index contributed by atoms with van der Waals surface area (Å²) < 4.78 is 76.1. The lowest BCUT2D eigenvalue weighted by Gasteiger charge is -2.14. The lowest BCUT2D eigenvalue weighted by Crippen LogP contribution is -2.13. The van der Waals surface area contributed by atoms with Crippen LogP contribution in [0.4, 0.5) is 32.0 Å². The molecule has 0 bridgehead atoms. The number of nitrogens with one attached hydrogen (secondary N) is 1. The fourth-order valence-corrected chi connectivity index (χ4v) is 1.72. The van der Waals surface area contributed by atoms with Gasteiger partial charge in [0.1, 0.15) is 6.33 Å². The summed E-state index contributed by atoms with van der Waals surface area (Å²) in [4.78, 5) is 7.35. The smallest absolute Gasteiger partial charge is 0.378 e. The van der Waals surface area contributed by atoms with Crippen molar-refractivity contribution in [3.63, 3.8) is 0 Å². The molecular formula is C13H9F6N3. The third-order valence-corrected chi connectivity index (χ3v) is 2.70. The predicted molar refractivity (Wildman–Crippen MR) is 65.8 cm³/mol. The highest BCUT2D eigenvalue weighted by Gasteiger charge is 2.36. The summed E-state index contributed by atoms with van der Waals surface area (Å²) in [6.07, 6.45) is -5.76. The van der Waals surface area contributed by atoms with Gasteiger partial charge >= 0.3 is 12.4 Å². The fraction of sp³-hybridized carbons (Fsp3) is 0.231. The summed E-state index contributed by atoms with van der Waals surface area (Å²) >= 11 is 0. The number of anilines is 1. The highest BCUT2D eigenvalue weighted by atomic mass is 19.4. The Bertz CT molecular complexity index is 604. The molecule has 0 unspecified atom stereocenters. The Kier molecular flexibility index (Phi) is 4.25. The highest BCUT2D eigenvalue weighted by Crippen LogP contribution is 2.36. The van der Waals surface area contributed by atoms with Gasteiger partial charge in [0.15, 0.2) is 0 Å². The van der Waals surface area contributed by atoms with Crippen LogP contribution in [0.5, 0.6) is 0 Å². The second-order valence-corrected chi connectivity index (χ2v) is 4.39. The molecule has 0 fully saturated rings. The monoisotopic (exact) mass is 321 g/mol. The zero-order chi connectivity index (χ0) is 16.4. The van der Waals surface area contributed by atoms with E-state index >= 15 is 0 Å². The molecule has 0 aliphatic rings. The first kappa shape index (κ1) is 16.1. The molecule has 1 heterocycles. The number of nitrogens with zero attached hydrogens (tertiary/aromatic N) is 2. The van der Waals surface area contributed by atoms with Gasteiger partial charge in [0.05, 0.1) is 29.2 Å². The molecule has 9 heteroatoms. The SMILES string of the molecule is FC(F)(F)c1cc(CNc2cncnc2)cc(C(F)(F)F)c1. The average Bonchev–Trinajstić information content (AvgIpc) is 2.44. The van der Waals surface area contributed by atoms with E-state index in [0.717, 1.165) is 0 Å². The largest absolute Gasteiger partial charge is 0.416 e. The summed E-state index contributed by atoms with van der Waals surface area (Å²) in [5.41, 5.74) is -2.45. The first-order valence-corrected chi connectivity index (χ1v) is 5.93. The minimum absolute atomic E-state index is 0.0924. The van der Waals surface area contributed by atoms with Crippen LogP contribution < -0.4 is 5.32 Å². The molecule has 0 saturated heterocycles. The van der Waals surface area contributed by atoms with Crippen LogP contribution in [0.15, 0.2) is 36.9 Å². The molecule has 118 valence electrons. The van der Waals surface area contributed by atoms with Gasteiger partial charge in [-0.25, -0.2) is 9.97 Å². The molecule has 2 aromatic rings. The maximum Gasteiger partial charge on any atom is 0.416 e. The van der Waals surface area contributed by atoms with E-state index in [1.807, 2.05) is 0 Å². The number of aromatic nitrogens is 2. The Labute approximate surface area is 121 Å². The van der Waals surface area contributed by atoms with Crippen LogP contribution in [0, 0.1) is 0 Å². The first-order valence-electron chi connectivity index (χ1n) is 5.93. The van der Waals surface area contributed by atoms with Gasteiger partial charge in [-0.3, -0.25) is 0 Å². The van der Waals surface area contributed by atoms with Crippen molar-refractivity contribution in [2.75, 3.05) is 5.32 Å². The molecule has 0 spiro atoms. The summed E-state index contributed by atoms with van der Waals surface area (Å²) in [5, 5.41) is 2.66.